The monoisotopic (exact) mass is 451 g/mol. The number of aryl methyl sites for hydroxylation is 1. The zero-order valence-electron chi connectivity index (χ0n) is 18.5. The number of rotatable bonds is 8. The van der Waals surface area contributed by atoms with Crippen molar-refractivity contribution in [2.24, 2.45) is 0 Å². The zero-order chi connectivity index (χ0) is 22.7. The fourth-order valence-electron chi connectivity index (χ4n) is 3.53. The van der Waals surface area contributed by atoms with E-state index in [1.165, 1.54) is 29.5 Å². The third-order valence-corrected chi connectivity index (χ3v) is 6.74. The van der Waals surface area contributed by atoms with E-state index in [9.17, 15) is 4.79 Å². The first kappa shape index (κ1) is 21.8. The van der Waals surface area contributed by atoms with Crippen LogP contribution in [0.4, 0.5) is 5.82 Å². The van der Waals surface area contributed by atoms with E-state index in [-0.39, 0.29) is 11.9 Å². The number of carbonyl (C=O) groups is 1. The first-order valence-electron chi connectivity index (χ1n) is 10.3. The molecule has 4 rings (SSSR count). The predicted molar refractivity (Wildman–Crippen MR) is 124 cm³/mol. The van der Waals surface area contributed by atoms with Crippen LogP contribution in [0, 0.1) is 6.92 Å². The Morgan fingerprint density at radius 3 is 2.91 bits per heavy atom. The highest BCUT2D eigenvalue weighted by Gasteiger charge is 2.26. The maximum atomic E-state index is 13.2. The molecule has 0 fully saturated rings. The summed E-state index contributed by atoms with van der Waals surface area (Å²) >= 11 is 1.38. The van der Waals surface area contributed by atoms with Crippen LogP contribution < -0.4 is 10.1 Å². The Hall–Kier alpha value is -3.46. The molecule has 8 nitrogen and oxygen atoms in total. The Kier molecular flexibility index (Phi) is 6.36. The van der Waals surface area contributed by atoms with Crippen LogP contribution in [0.15, 0.2) is 47.4 Å². The molecule has 3 heterocycles. The second kappa shape index (κ2) is 9.35. The van der Waals surface area contributed by atoms with Crippen molar-refractivity contribution in [1.29, 1.82) is 0 Å². The normalized spacial score (nSPS) is 12.0. The number of thiophene rings is 1. The largest absolute Gasteiger partial charge is 0.497 e. The summed E-state index contributed by atoms with van der Waals surface area (Å²) in [6.07, 6.45) is 3.85. The summed E-state index contributed by atoms with van der Waals surface area (Å²) in [6.45, 7) is 4.56. The number of amides is 1. The standard InChI is InChI=1S/C23H25N5O3S/c1-14-19-21(24-10-8-16-6-5-7-17(12-16)30-4)25-13-26-22(19)32-20(14)23(29)28(3)15(2)18-9-11-31-27-18/h5-7,9,11-13,15H,8,10H2,1-4H3,(H,24,25,26)/t15-/m1/s1. The van der Waals surface area contributed by atoms with E-state index in [1.54, 1.807) is 25.1 Å². The van der Waals surface area contributed by atoms with Gasteiger partial charge < -0.3 is 19.5 Å². The van der Waals surface area contributed by atoms with Crippen molar-refractivity contribution in [3.8, 4) is 5.75 Å². The maximum absolute atomic E-state index is 13.2. The zero-order valence-corrected chi connectivity index (χ0v) is 19.3. The molecule has 3 aromatic heterocycles. The lowest BCUT2D eigenvalue weighted by atomic mass is 10.1. The van der Waals surface area contributed by atoms with Crippen LogP contribution in [-0.2, 0) is 6.42 Å². The van der Waals surface area contributed by atoms with E-state index in [2.05, 4.69) is 26.5 Å². The minimum absolute atomic E-state index is 0.0802. The summed E-state index contributed by atoms with van der Waals surface area (Å²) in [6, 6.07) is 9.56. The number of benzene rings is 1. The summed E-state index contributed by atoms with van der Waals surface area (Å²) in [7, 11) is 3.43. The molecule has 0 saturated heterocycles. The average molecular weight is 452 g/mol. The SMILES string of the molecule is COc1cccc(CCNc2ncnc3sc(C(=O)N(C)[C@H](C)c4ccon4)c(C)c23)c1. The van der Waals surface area contributed by atoms with Gasteiger partial charge in [0.1, 0.15) is 34.7 Å². The van der Waals surface area contributed by atoms with Crippen LogP contribution in [0.5, 0.6) is 5.75 Å². The van der Waals surface area contributed by atoms with Gasteiger partial charge in [-0.05, 0) is 43.5 Å². The number of nitrogens with zero attached hydrogens (tertiary/aromatic N) is 4. The Morgan fingerprint density at radius 1 is 1.31 bits per heavy atom. The van der Waals surface area contributed by atoms with Crippen LogP contribution in [-0.4, -0.2) is 46.6 Å². The fraction of sp³-hybridized carbons (Fsp3) is 0.304. The molecule has 0 spiro atoms. The van der Waals surface area contributed by atoms with Gasteiger partial charge in [0.25, 0.3) is 5.91 Å². The predicted octanol–water partition coefficient (Wildman–Crippen LogP) is 4.48. The van der Waals surface area contributed by atoms with Crippen molar-refractivity contribution in [2.75, 3.05) is 26.0 Å². The van der Waals surface area contributed by atoms with E-state index >= 15 is 0 Å². The first-order chi connectivity index (χ1) is 15.5. The lowest BCUT2D eigenvalue weighted by Crippen LogP contribution is -2.29. The molecule has 32 heavy (non-hydrogen) atoms. The van der Waals surface area contributed by atoms with Crippen LogP contribution in [0.3, 0.4) is 0 Å². The molecule has 0 radical (unpaired) electrons. The number of aromatic nitrogens is 3. The molecular formula is C23H25N5O3S. The minimum Gasteiger partial charge on any atom is -0.497 e. The number of methoxy groups -OCH3 is 1. The Balaban J connectivity index is 1.53. The van der Waals surface area contributed by atoms with E-state index in [0.29, 0.717) is 17.1 Å². The number of ether oxygens (including phenoxy) is 1. The van der Waals surface area contributed by atoms with E-state index < -0.39 is 0 Å². The molecular weight excluding hydrogens is 426 g/mol. The van der Waals surface area contributed by atoms with Crippen LogP contribution in [0.1, 0.15) is 39.5 Å². The number of hydrogen-bond donors (Lipinski definition) is 1. The van der Waals surface area contributed by atoms with Crippen molar-refractivity contribution in [1.82, 2.24) is 20.0 Å². The van der Waals surface area contributed by atoms with Gasteiger partial charge in [0, 0.05) is 19.7 Å². The van der Waals surface area contributed by atoms with Gasteiger partial charge in [-0.3, -0.25) is 4.79 Å². The van der Waals surface area contributed by atoms with Gasteiger partial charge in [-0.2, -0.15) is 0 Å². The molecule has 0 bridgehead atoms. The van der Waals surface area contributed by atoms with Crippen LogP contribution >= 0.6 is 11.3 Å². The Bertz CT molecular complexity index is 1220. The quantitative estimate of drug-likeness (QED) is 0.422. The topological polar surface area (TPSA) is 93.4 Å². The number of anilines is 1. The van der Waals surface area contributed by atoms with Gasteiger partial charge in [-0.1, -0.05) is 17.3 Å². The molecule has 1 aromatic carbocycles. The molecule has 0 saturated carbocycles. The highest BCUT2D eigenvalue weighted by atomic mass is 32.1. The van der Waals surface area contributed by atoms with E-state index in [4.69, 9.17) is 9.26 Å². The second-order valence-electron chi connectivity index (χ2n) is 7.50. The molecule has 1 N–H and O–H groups in total. The van der Waals surface area contributed by atoms with Crippen molar-refractivity contribution >= 4 is 33.3 Å². The van der Waals surface area contributed by atoms with E-state index in [1.807, 2.05) is 32.0 Å². The van der Waals surface area contributed by atoms with Gasteiger partial charge in [-0.15, -0.1) is 11.3 Å². The summed E-state index contributed by atoms with van der Waals surface area (Å²) in [5.74, 6) is 1.49. The van der Waals surface area contributed by atoms with Gasteiger partial charge in [-0.25, -0.2) is 9.97 Å². The highest BCUT2D eigenvalue weighted by Crippen LogP contribution is 2.35. The number of fused-ring (bicyclic) bond motifs is 1. The first-order valence-corrected chi connectivity index (χ1v) is 11.1. The summed E-state index contributed by atoms with van der Waals surface area (Å²) in [4.78, 5) is 25.2. The average Bonchev–Trinajstić information content (AvgIpc) is 3.47. The minimum atomic E-state index is -0.211. The summed E-state index contributed by atoms with van der Waals surface area (Å²) in [5, 5.41) is 8.25. The van der Waals surface area contributed by atoms with Gasteiger partial charge in [0.05, 0.1) is 23.4 Å². The number of carbonyl (C=O) groups excluding carboxylic acids is 1. The summed E-state index contributed by atoms with van der Waals surface area (Å²) in [5.41, 5.74) is 2.75. The molecule has 0 aliphatic rings. The molecule has 0 aliphatic carbocycles. The molecule has 4 aromatic rings. The molecule has 1 amide bonds. The van der Waals surface area contributed by atoms with Crippen LogP contribution in [0.25, 0.3) is 10.2 Å². The number of nitrogens with one attached hydrogen (secondary N) is 1. The number of hydrogen-bond acceptors (Lipinski definition) is 8. The van der Waals surface area contributed by atoms with Crippen molar-refractivity contribution < 1.29 is 14.1 Å². The fourth-order valence-corrected chi connectivity index (χ4v) is 4.67. The third-order valence-electron chi connectivity index (χ3n) is 5.55. The summed E-state index contributed by atoms with van der Waals surface area (Å²) < 4.78 is 10.2. The van der Waals surface area contributed by atoms with Crippen molar-refractivity contribution in [3.63, 3.8) is 0 Å². The van der Waals surface area contributed by atoms with Gasteiger partial charge in [0.15, 0.2) is 0 Å². The van der Waals surface area contributed by atoms with E-state index in [0.717, 1.165) is 33.8 Å². The lowest BCUT2D eigenvalue weighted by Gasteiger charge is -2.22. The van der Waals surface area contributed by atoms with Gasteiger partial charge in [0.2, 0.25) is 0 Å². The molecule has 166 valence electrons. The Morgan fingerprint density at radius 2 is 2.16 bits per heavy atom. The van der Waals surface area contributed by atoms with Gasteiger partial charge >= 0.3 is 0 Å². The molecule has 9 heteroatoms. The maximum Gasteiger partial charge on any atom is 0.264 e. The molecule has 1 atom stereocenters. The van der Waals surface area contributed by atoms with Crippen LogP contribution in [0.2, 0.25) is 0 Å². The highest BCUT2D eigenvalue weighted by molar-refractivity contribution is 7.20. The third kappa shape index (κ3) is 4.29. The smallest absolute Gasteiger partial charge is 0.264 e. The Labute approximate surface area is 190 Å². The van der Waals surface area contributed by atoms with Crippen molar-refractivity contribution in [2.45, 2.75) is 26.3 Å². The van der Waals surface area contributed by atoms with Crippen molar-refractivity contribution in [3.05, 3.63) is 64.6 Å². The lowest BCUT2D eigenvalue weighted by molar-refractivity contribution is 0.0742. The molecule has 0 aliphatic heterocycles. The second-order valence-corrected chi connectivity index (χ2v) is 8.50. The molecule has 0 unspecified atom stereocenters.